The van der Waals surface area contributed by atoms with Gasteiger partial charge in [-0.05, 0) is 48.6 Å². The van der Waals surface area contributed by atoms with Gasteiger partial charge < -0.3 is 19.8 Å². The highest BCUT2D eigenvalue weighted by molar-refractivity contribution is 5.90. The minimum atomic E-state index is -4.67. The van der Waals surface area contributed by atoms with E-state index in [0.717, 1.165) is 18.2 Å². The molecule has 0 saturated carbocycles. The van der Waals surface area contributed by atoms with Crippen LogP contribution in [0.25, 0.3) is 0 Å². The quantitative estimate of drug-likeness (QED) is 0.417. The molecule has 1 unspecified atom stereocenters. The molecular weight excluding hydrogens is 453 g/mol. The summed E-state index contributed by atoms with van der Waals surface area (Å²) in [6.07, 6.45) is -4.67. The molecular formula is C24H29F3N2O5. The summed E-state index contributed by atoms with van der Waals surface area (Å²) in [7, 11) is 0. The normalized spacial score (nSPS) is 12.8. The van der Waals surface area contributed by atoms with E-state index in [-0.39, 0.29) is 22.6 Å². The van der Waals surface area contributed by atoms with E-state index in [0.29, 0.717) is 18.7 Å². The van der Waals surface area contributed by atoms with Gasteiger partial charge in [0.15, 0.2) is 6.04 Å². The molecule has 2 N–H and O–H groups in total. The van der Waals surface area contributed by atoms with Gasteiger partial charge in [-0.3, -0.25) is 0 Å². The fourth-order valence-electron chi connectivity index (χ4n) is 3.66. The Kier molecular flexibility index (Phi) is 8.18. The number of benzene rings is 2. The number of phenols is 1. The first-order valence-corrected chi connectivity index (χ1v) is 10.8. The first-order valence-electron chi connectivity index (χ1n) is 10.8. The molecule has 0 aliphatic heterocycles. The monoisotopic (exact) mass is 482 g/mol. The van der Waals surface area contributed by atoms with Gasteiger partial charge in [0.25, 0.3) is 0 Å². The minimum Gasteiger partial charge on any atom is -0.507 e. The Morgan fingerprint density at radius 2 is 1.68 bits per heavy atom. The van der Waals surface area contributed by atoms with E-state index in [1.807, 2.05) is 0 Å². The number of halogens is 3. The fraction of sp³-hybridized carbons (Fsp3) is 0.458. The second-order valence-electron chi connectivity index (χ2n) is 8.80. The highest BCUT2D eigenvalue weighted by Crippen LogP contribution is 2.44. The molecule has 186 valence electrons. The third-order valence-electron chi connectivity index (χ3n) is 5.44. The molecule has 0 aromatic heterocycles. The maximum absolute atomic E-state index is 14.2. The summed E-state index contributed by atoms with van der Waals surface area (Å²) in [6, 6.07) is 4.67. The minimum absolute atomic E-state index is 0.0444. The van der Waals surface area contributed by atoms with Crippen LogP contribution in [0, 0.1) is 4.91 Å². The Labute approximate surface area is 196 Å². The van der Waals surface area contributed by atoms with Crippen LogP contribution in [0.4, 0.5) is 18.9 Å². The SMILES string of the molecule is CCN(CC)c1c(C(C)(C)C)cc(C(COc2ccc(C(=O)O)c(O)c2)N=O)cc1C(F)(F)F. The van der Waals surface area contributed by atoms with E-state index in [1.54, 1.807) is 45.6 Å². The van der Waals surface area contributed by atoms with Crippen molar-refractivity contribution in [3.63, 3.8) is 0 Å². The standard InChI is InChI=1S/C24H29F3N2O5/c1-6-29(7-2)21-17(23(3,4)5)10-14(11-18(21)24(25,26)27)19(28-33)13-34-15-8-9-16(22(31)32)20(30)12-15/h8-12,19,30H,6-7,13H2,1-5H3,(H,31,32). The van der Waals surface area contributed by atoms with Crippen LogP contribution in [0.1, 0.15) is 67.7 Å². The lowest BCUT2D eigenvalue weighted by atomic mass is 9.82. The molecule has 7 nitrogen and oxygen atoms in total. The van der Waals surface area contributed by atoms with Gasteiger partial charge >= 0.3 is 12.1 Å². The largest absolute Gasteiger partial charge is 0.507 e. The summed E-state index contributed by atoms with van der Waals surface area (Å²) in [5.41, 5.74) is -1.30. The van der Waals surface area contributed by atoms with Crippen LogP contribution in [-0.4, -0.2) is 35.9 Å². The Morgan fingerprint density at radius 1 is 1.09 bits per heavy atom. The van der Waals surface area contributed by atoms with Gasteiger partial charge in [0.2, 0.25) is 0 Å². The number of aromatic hydroxyl groups is 1. The van der Waals surface area contributed by atoms with Crippen molar-refractivity contribution >= 4 is 11.7 Å². The lowest BCUT2D eigenvalue weighted by Gasteiger charge is -2.33. The van der Waals surface area contributed by atoms with Crippen molar-refractivity contribution in [3.8, 4) is 11.5 Å². The third-order valence-corrected chi connectivity index (χ3v) is 5.44. The number of carboxylic acids is 1. The van der Waals surface area contributed by atoms with Crippen LogP contribution in [0.2, 0.25) is 0 Å². The molecule has 10 heteroatoms. The maximum atomic E-state index is 14.2. The fourth-order valence-corrected chi connectivity index (χ4v) is 3.66. The van der Waals surface area contributed by atoms with E-state index in [4.69, 9.17) is 9.84 Å². The van der Waals surface area contributed by atoms with Gasteiger partial charge in [-0.15, -0.1) is 0 Å². The number of carboxylic acid groups (broad SMARTS) is 1. The second-order valence-corrected chi connectivity index (χ2v) is 8.80. The van der Waals surface area contributed by atoms with E-state index in [2.05, 4.69) is 5.18 Å². The predicted molar refractivity (Wildman–Crippen MR) is 123 cm³/mol. The Balaban J connectivity index is 2.54. The number of anilines is 1. The topological polar surface area (TPSA) is 99.4 Å². The van der Waals surface area contributed by atoms with Gasteiger partial charge in [0, 0.05) is 19.2 Å². The molecule has 2 aromatic rings. The third kappa shape index (κ3) is 5.98. The Hall–Kier alpha value is -3.30. The molecule has 2 rings (SSSR count). The molecule has 0 fully saturated rings. The lowest BCUT2D eigenvalue weighted by molar-refractivity contribution is -0.137. The van der Waals surface area contributed by atoms with E-state index in [1.165, 1.54) is 6.07 Å². The molecule has 34 heavy (non-hydrogen) atoms. The number of nitrogens with zero attached hydrogens (tertiary/aromatic N) is 2. The van der Waals surface area contributed by atoms with Crippen molar-refractivity contribution in [1.29, 1.82) is 0 Å². The molecule has 0 heterocycles. The molecule has 2 aromatic carbocycles. The van der Waals surface area contributed by atoms with E-state index < -0.39 is 41.5 Å². The summed E-state index contributed by atoms with van der Waals surface area (Å²) in [4.78, 5) is 24.3. The van der Waals surface area contributed by atoms with Gasteiger partial charge in [-0.25, -0.2) is 4.79 Å². The summed E-state index contributed by atoms with van der Waals surface area (Å²) in [6.45, 7) is 9.29. The molecule has 0 saturated heterocycles. The second kappa shape index (κ2) is 10.3. The van der Waals surface area contributed by atoms with Gasteiger partial charge in [0.05, 0.1) is 11.3 Å². The van der Waals surface area contributed by atoms with Crippen LogP contribution in [0.5, 0.6) is 11.5 Å². The van der Waals surface area contributed by atoms with Crippen molar-refractivity contribution in [2.75, 3.05) is 24.6 Å². The molecule has 0 aliphatic rings. The zero-order chi connectivity index (χ0) is 25.8. The number of aromatic carboxylic acids is 1. The molecule has 0 spiro atoms. The smallest absolute Gasteiger partial charge is 0.418 e. The number of alkyl halides is 3. The van der Waals surface area contributed by atoms with Crippen molar-refractivity contribution < 1.29 is 32.9 Å². The number of carbonyl (C=O) groups is 1. The van der Waals surface area contributed by atoms with Crippen molar-refractivity contribution in [2.45, 2.75) is 52.3 Å². The predicted octanol–water partition coefficient (Wildman–Crippen LogP) is 6.14. The van der Waals surface area contributed by atoms with Gasteiger partial charge in [-0.1, -0.05) is 32.0 Å². The van der Waals surface area contributed by atoms with Crippen molar-refractivity contribution in [2.24, 2.45) is 5.18 Å². The Bertz CT molecular complexity index is 1010. The van der Waals surface area contributed by atoms with Crippen LogP contribution in [-0.2, 0) is 11.6 Å². The molecule has 1 atom stereocenters. The van der Waals surface area contributed by atoms with Crippen molar-refractivity contribution in [3.05, 3.63) is 57.5 Å². The van der Waals surface area contributed by atoms with Crippen LogP contribution in [0.15, 0.2) is 35.5 Å². The summed E-state index contributed by atoms with van der Waals surface area (Å²) in [5.74, 6) is -1.83. The number of nitroso groups, excluding NO2 is 1. The van der Waals surface area contributed by atoms with Gasteiger partial charge in [-0.2, -0.15) is 18.1 Å². The first-order chi connectivity index (χ1) is 15.7. The Morgan fingerprint density at radius 3 is 2.12 bits per heavy atom. The average Bonchev–Trinajstić information content (AvgIpc) is 2.73. The molecule has 0 bridgehead atoms. The van der Waals surface area contributed by atoms with E-state index >= 15 is 0 Å². The molecule has 0 aliphatic carbocycles. The lowest BCUT2D eigenvalue weighted by Crippen LogP contribution is -2.30. The van der Waals surface area contributed by atoms with Gasteiger partial charge in [0.1, 0.15) is 23.7 Å². The zero-order valence-corrected chi connectivity index (χ0v) is 19.7. The van der Waals surface area contributed by atoms with Crippen LogP contribution < -0.4 is 9.64 Å². The average molecular weight is 482 g/mol. The van der Waals surface area contributed by atoms with Crippen LogP contribution in [0.3, 0.4) is 0 Å². The summed E-state index contributed by atoms with van der Waals surface area (Å²) < 4.78 is 47.9. The number of hydrogen-bond acceptors (Lipinski definition) is 6. The molecule has 0 amide bonds. The number of hydrogen-bond donors (Lipinski definition) is 2. The number of ether oxygens (including phenoxy) is 1. The zero-order valence-electron chi connectivity index (χ0n) is 19.7. The maximum Gasteiger partial charge on any atom is 0.418 e. The summed E-state index contributed by atoms with van der Waals surface area (Å²) in [5, 5.41) is 21.8. The molecule has 0 radical (unpaired) electrons. The number of rotatable bonds is 9. The highest BCUT2D eigenvalue weighted by atomic mass is 19.4. The highest BCUT2D eigenvalue weighted by Gasteiger charge is 2.39. The summed E-state index contributed by atoms with van der Waals surface area (Å²) >= 11 is 0. The van der Waals surface area contributed by atoms with E-state index in [9.17, 15) is 28.0 Å². The van der Waals surface area contributed by atoms with Crippen molar-refractivity contribution in [1.82, 2.24) is 0 Å². The first kappa shape index (κ1) is 26.9. The van der Waals surface area contributed by atoms with Crippen LogP contribution >= 0.6 is 0 Å².